The van der Waals surface area contributed by atoms with E-state index in [0.717, 1.165) is 11.3 Å². The Bertz CT molecular complexity index is 986. The van der Waals surface area contributed by atoms with Crippen LogP contribution in [-0.2, 0) is 4.79 Å². The van der Waals surface area contributed by atoms with Gasteiger partial charge in [-0.05, 0) is 41.6 Å². The Morgan fingerprint density at radius 2 is 1.85 bits per heavy atom. The predicted octanol–water partition coefficient (Wildman–Crippen LogP) is 3.27. The topological polar surface area (TPSA) is 76.3 Å². The van der Waals surface area contributed by atoms with Gasteiger partial charge in [0.2, 0.25) is 5.17 Å². The van der Waals surface area contributed by atoms with Crippen LogP contribution in [0, 0.1) is 0 Å². The first-order valence-electron chi connectivity index (χ1n) is 7.55. The van der Waals surface area contributed by atoms with Gasteiger partial charge in [0.25, 0.3) is 5.91 Å². The van der Waals surface area contributed by atoms with Crippen LogP contribution in [0.15, 0.2) is 71.3 Å². The zero-order valence-electron chi connectivity index (χ0n) is 13.2. The van der Waals surface area contributed by atoms with Gasteiger partial charge < -0.3 is 0 Å². The number of amidine groups is 1. The molecule has 0 aliphatic carbocycles. The number of hydrogen-bond donors (Lipinski definition) is 0. The minimum absolute atomic E-state index is 0.164. The van der Waals surface area contributed by atoms with Crippen molar-refractivity contribution in [3.8, 4) is 0 Å². The van der Waals surface area contributed by atoms with Crippen LogP contribution in [0.5, 0.6) is 0 Å². The van der Waals surface area contributed by atoms with Gasteiger partial charge >= 0.3 is 0 Å². The SMILES string of the molecule is O=C1/C(=C/c2ccc(Cl)nc2)SC(=Nn2cnnc2)N1c1ccccc1. The highest BCUT2D eigenvalue weighted by molar-refractivity contribution is 8.19. The minimum atomic E-state index is -0.164. The van der Waals surface area contributed by atoms with E-state index < -0.39 is 0 Å². The molecule has 9 heteroatoms. The van der Waals surface area contributed by atoms with Crippen molar-refractivity contribution in [2.24, 2.45) is 5.10 Å². The lowest BCUT2D eigenvalue weighted by molar-refractivity contribution is -0.113. The van der Waals surface area contributed by atoms with Crippen molar-refractivity contribution in [2.45, 2.75) is 0 Å². The number of carbonyl (C=O) groups excluding carboxylic acids is 1. The van der Waals surface area contributed by atoms with E-state index >= 15 is 0 Å². The first kappa shape index (κ1) is 16.5. The van der Waals surface area contributed by atoms with E-state index in [1.165, 1.54) is 29.1 Å². The number of aromatic nitrogens is 4. The van der Waals surface area contributed by atoms with Crippen LogP contribution in [0.1, 0.15) is 5.56 Å². The number of thioether (sulfide) groups is 1. The highest BCUT2D eigenvalue weighted by Crippen LogP contribution is 2.35. The van der Waals surface area contributed by atoms with E-state index in [1.54, 1.807) is 29.3 Å². The molecule has 1 aliphatic heterocycles. The number of anilines is 1. The molecular weight excluding hydrogens is 372 g/mol. The third-order valence-corrected chi connectivity index (χ3v) is 4.66. The zero-order valence-corrected chi connectivity index (χ0v) is 14.8. The number of carbonyl (C=O) groups is 1. The molecule has 3 heterocycles. The molecule has 1 aromatic carbocycles. The number of para-hydroxylation sites is 1. The summed E-state index contributed by atoms with van der Waals surface area (Å²) in [5.41, 5.74) is 1.51. The second kappa shape index (κ2) is 7.11. The van der Waals surface area contributed by atoms with Gasteiger partial charge in [-0.25, -0.2) is 9.66 Å². The summed E-state index contributed by atoms with van der Waals surface area (Å²) in [6, 6.07) is 12.8. The van der Waals surface area contributed by atoms with Gasteiger partial charge in [0.1, 0.15) is 17.8 Å². The molecule has 1 fully saturated rings. The van der Waals surface area contributed by atoms with Crippen molar-refractivity contribution in [1.29, 1.82) is 0 Å². The average Bonchev–Trinajstić information content (AvgIpc) is 3.27. The molecule has 128 valence electrons. The standard InChI is InChI=1S/C17H11ClN6OS/c18-15-7-6-12(9-19-15)8-14-16(25)24(13-4-2-1-3-5-13)17(26-14)22-23-10-20-21-11-23/h1-11H/b14-8-,22-17?. The number of halogens is 1. The van der Waals surface area contributed by atoms with Gasteiger partial charge in [-0.1, -0.05) is 35.9 Å². The Morgan fingerprint density at radius 3 is 2.54 bits per heavy atom. The molecule has 4 rings (SSSR count). The lowest BCUT2D eigenvalue weighted by Gasteiger charge is -2.15. The van der Waals surface area contributed by atoms with Gasteiger partial charge in [-0.15, -0.1) is 15.3 Å². The van der Waals surface area contributed by atoms with Crippen molar-refractivity contribution in [2.75, 3.05) is 4.90 Å². The van der Waals surface area contributed by atoms with E-state index in [4.69, 9.17) is 11.6 Å². The Hall–Kier alpha value is -2.97. The molecular formula is C17H11ClN6OS. The number of rotatable bonds is 3. The Kier molecular flexibility index (Phi) is 4.51. The van der Waals surface area contributed by atoms with Gasteiger partial charge in [0, 0.05) is 6.20 Å². The fourth-order valence-electron chi connectivity index (χ4n) is 2.32. The van der Waals surface area contributed by atoms with E-state index in [0.29, 0.717) is 15.2 Å². The maximum atomic E-state index is 13.0. The molecule has 7 nitrogen and oxygen atoms in total. The average molecular weight is 383 g/mol. The summed E-state index contributed by atoms with van der Waals surface area (Å²) in [6.45, 7) is 0. The van der Waals surface area contributed by atoms with Crippen LogP contribution in [0.3, 0.4) is 0 Å². The fourth-order valence-corrected chi connectivity index (χ4v) is 3.41. The molecule has 0 radical (unpaired) electrons. The summed E-state index contributed by atoms with van der Waals surface area (Å²) in [7, 11) is 0. The van der Waals surface area contributed by atoms with E-state index in [2.05, 4.69) is 20.3 Å². The maximum absolute atomic E-state index is 13.0. The van der Waals surface area contributed by atoms with Crippen molar-refractivity contribution in [3.63, 3.8) is 0 Å². The van der Waals surface area contributed by atoms with Gasteiger partial charge in [-0.3, -0.25) is 9.69 Å². The quantitative estimate of drug-likeness (QED) is 0.513. The summed E-state index contributed by atoms with van der Waals surface area (Å²) in [5, 5.41) is 12.8. The van der Waals surface area contributed by atoms with Gasteiger partial charge in [-0.2, -0.15) is 0 Å². The van der Waals surface area contributed by atoms with Crippen LogP contribution in [0.4, 0.5) is 5.69 Å². The third-order valence-electron chi connectivity index (χ3n) is 3.48. The molecule has 0 spiro atoms. The summed E-state index contributed by atoms with van der Waals surface area (Å²) < 4.78 is 1.46. The van der Waals surface area contributed by atoms with Crippen LogP contribution in [0.25, 0.3) is 6.08 Å². The van der Waals surface area contributed by atoms with Crippen molar-refractivity contribution < 1.29 is 4.79 Å². The Balaban J connectivity index is 1.75. The van der Waals surface area contributed by atoms with E-state index in [-0.39, 0.29) is 5.91 Å². The van der Waals surface area contributed by atoms with Crippen LogP contribution < -0.4 is 4.90 Å². The number of hydrogen-bond acceptors (Lipinski definition) is 6. The zero-order chi connectivity index (χ0) is 17.9. The number of pyridine rings is 1. The fraction of sp³-hybridized carbons (Fsp3) is 0. The summed E-state index contributed by atoms with van der Waals surface area (Å²) >= 11 is 7.09. The molecule has 2 aromatic heterocycles. The van der Waals surface area contributed by atoms with E-state index in [1.807, 2.05) is 30.3 Å². The molecule has 0 saturated carbocycles. The smallest absolute Gasteiger partial charge is 0.268 e. The van der Waals surface area contributed by atoms with Crippen LogP contribution in [0.2, 0.25) is 5.15 Å². The monoisotopic (exact) mass is 382 g/mol. The molecule has 26 heavy (non-hydrogen) atoms. The van der Waals surface area contributed by atoms with E-state index in [9.17, 15) is 4.79 Å². The second-order valence-corrected chi connectivity index (χ2v) is 6.62. The highest BCUT2D eigenvalue weighted by Gasteiger charge is 2.35. The Labute approximate surface area is 158 Å². The minimum Gasteiger partial charge on any atom is -0.268 e. The molecule has 1 saturated heterocycles. The highest BCUT2D eigenvalue weighted by atomic mass is 35.5. The third kappa shape index (κ3) is 3.37. The van der Waals surface area contributed by atoms with Crippen LogP contribution in [-0.4, -0.2) is 30.9 Å². The largest absolute Gasteiger partial charge is 0.271 e. The number of amides is 1. The summed E-state index contributed by atoms with van der Waals surface area (Å²) in [5.74, 6) is -0.164. The molecule has 0 N–H and O–H groups in total. The second-order valence-electron chi connectivity index (χ2n) is 5.23. The lowest BCUT2D eigenvalue weighted by atomic mass is 10.2. The molecule has 0 atom stereocenters. The number of benzene rings is 1. The molecule has 3 aromatic rings. The first-order valence-corrected chi connectivity index (χ1v) is 8.74. The molecule has 0 unspecified atom stereocenters. The van der Waals surface area contributed by atoms with Crippen molar-refractivity contribution in [1.82, 2.24) is 19.9 Å². The van der Waals surface area contributed by atoms with Crippen LogP contribution >= 0.6 is 23.4 Å². The molecule has 0 bridgehead atoms. The van der Waals surface area contributed by atoms with Crippen molar-refractivity contribution >= 4 is 46.2 Å². The van der Waals surface area contributed by atoms with Gasteiger partial charge in [0.15, 0.2) is 0 Å². The predicted molar refractivity (Wildman–Crippen MR) is 102 cm³/mol. The maximum Gasteiger partial charge on any atom is 0.271 e. The summed E-state index contributed by atoms with van der Waals surface area (Å²) in [6.07, 6.45) is 6.31. The first-order chi connectivity index (χ1) is 12.7. The summed E-state index contributed by atoms with van der Waals surface area (Å²) in [4.78, 5) is 19.1. The van der Waals surface area contributed by atoms with Gasteiger partial charge in [0.05, 0.1) is 10.6 Å². The van der Waals surface area contributed by atoms with Crippen molar-refractivity contribution in [3.05, 3.63) is 76.9 Å². The molecule has 1 aliphatic rings. The molecule has 1 amide bonds. The normalized spacial score (nSPS) is 17.4. The Morgan fingerprint density at radius 1 is 1.08 bits per heavy atom. The number of nitrogens with zero attached hydrogens (tertiary/aromatic N) is 6. The lowest BCUT2D eigenvalue weighted by Crippen LogP contribution is -2.29.